The third-order valence-corrected chi connectivity index (χ3v) is 4.04. The van der Waals surface area contributed by atoms with Gasteiger partial charge in [0.25, 0.3) is 0 Å². The van der Waals surface area contributed by atoms with Crippen molar-refractivity contribution in [1.29, 1.82) is 0 Å². The molecule has 0 bridgehead atoms. The van der Waals surface area contributed by atoms with E-state index in [0.717, 1.165) is 0 Å². The van der Waals surface area contributed by atoms with Gasteiger partial charge in [0, 0.05) is 0 Å². The molecule has 64 valence electrons. The van der Waals surface area contributed by atoms with E-state index >= 15 is 0 Å². The average molecular weight is 177 g/mol. The second-order valence-electron chi connectivity index (χ2n) is 3.09. The number of hydrogen-bond acceptors (Lipinski definition) is 1. The van der Waals surface area contributed by atoms with Gasteiger partial charge < -0.3 is 4.57 Å². The summed E-state index contributed by atoms with van der Waals surface area (Å²) < 4.78 is 2.29. The smallest absolute Gasteiger partial charge is 0.121 e. The molecule has 0 radical (unpaired) electrons. The summed E-state index contributed by atoms with van der Waals surface area (Å²) in [5.74, 6) is 0. The lowest BCUT2D eigenvalue weighted by Crippen LogP contribution is -2.23. The van der Waals surface area contributed by atoms with Crippen molar-refractivity contribution >= 4 is 14.2 Å². The predicted molar refractivity (Wildman–Crippen MR) is 56.9 cm³/mol. The van der Waals surface area contributed by atoms with Gasteiger partial charge in [0.15, 0.2) is 0 Å². The van der Waals surface area contributed by atoms with Gasteiger partial charge in [-0.05, 0) is 26.2 Å². The Morgan fingerprint density at radius 1 is 1.17 bits per heavy atom. The maximum atomic E-state index is 2.35. The third kappa shape index (κ3) is 2.62. The second-order valence-corrected chi connectivity index (χ2v) is 5.56. The third-order valence-electron chi connectivity index (χ3n) is 1.88. The molecule has 0 heterocycles. The molecule has 0 aliphatic carbocycles. The van der Waals surface area contributed by atoms with Crippen molar-refractivity contribution in [3.05, 3.63) is 35.9 Å². The first-order valence-electron chi connectivity index (χ1n) is 4.11. The molecule has 0 aliphatic rings. The van der Waals surface area contributed by atoms with E-state index in [4.69, 9.17) is 0 Å². The first kappa shape index (κ1) is 9.20. The molecule has 0 amide bonds. The lowest BCUT2D eigenvalue weighted by atomic mass is 10.2. The quantitative estimate of drug-likeness (QED) is 0.620. The van der Waals surface area contributed by atoms with Crippen LogP contribution in [0.3, 0.4) is 0 Å². The summed E-state index contributed by atoms with van der Waals surface area (Å²) in [4.78, 5) is 0. The molecule has 1 aromatic carbocycles. The fraction of sp³-hybridized carbons (Fsp3) is 0.300. The molecule has 12 heavy (non-hydrogen) atoms. The van der Waals surface area contributed by atoms with Crippen LogP contribution in [0.5, 0.6) is 0 Å². The van der Waals surface area contributed by atoms with E-state index < -0.39 is 8.57 Å². The van der Waals surface area contributed by atoms with Crippen LogP contribution in [0, 0.1) is 0 Å². The fourth-order valence-electron chi connectivity index (χ4n) is 0.920. The van der Waals surface area contributed by atoms with Crippen molar-refractivity contribution in [2.24, 2.45) is 0 Å². The van der Waals surface area contributed by atoms with Crippen molar-refractivity contribution in [3.8, 4) is 0 Å². The molecule has 1 rings (SSSR count). The zero-order chi connectivity index (χ0) is 8.97. The lowest BCUT2D eigenvalue weighted by molar-refractivity contribution is 0.661. The van der Waals surface area contributed by atoms with Crippen LogP contribution >= 0.6 is 0 Å². The maximum Gasteiger partial charge on any atom is 0.121 e. The molecule has 1 aromatic rings. The Labute approximate surface area is 75.9 Å². The van der Waals surface area contributed by atoms with Gasteiger partial charge in [0.2, 0.25) is 0 Å². The van der Waals surface area contributed by atoms with Gasteiger partial charge in [-0.25, -0.2) is 0 Å². The summed E-state index contributed by atoms with van der Waals surface area (Å²) in [6.45, 7) is 2.29. The molecular formula is C10H15NSi. The van der Waals surface area contributed by atoms with Crippen LogP contribution in [0.15, 0.2) is 30.3 Å². The van der Waals surface area contributed by atoms with Crippen molar-refractivity contribution < 1.29 is 0 Å². The van der Waals surface area contributed by atoms with E-state index in [-0.39, 0.29) is 0 Å². The normalized spacial score (nSPS) is 11.4. The highest BCUT2D eigenvalue weighted by atomic mass is 28.2. The minimum absolute atomic E-state index is 0.451. The molecule has 2 heteroatoms. The Hall–Kier alpha value is -0.893. The first-order chi connectivity index (χ1) is 5.70. The Morgan fingerprint density at radius 3 is 2.25 bits per heavy atom. The molecule has 1 nitrogen and oxygen atoms in total. The molecule has 0 saturated carbocycles. The predicted octanol–water partition coefficient (Wildman–Crippen LogP) is 1.60. The van der Waals surface area contributed by atoms with E-state index in [1.807, 2.05) is 0 Å². The average Bonchev–Trinajstić information content (AvgIpc) is 2.06. The number of rotatable bonds is 2. The van der Waals surface area contributed by atoms with E-state index in [1.54, 1.807) is 0 Å². The molecule has 0 aliphatic heterocycles. The molecule has 0 atom stereocenters. The molecule has 0 spiro atoms. The van der Waals surface area contributed by atoms with Gasteiger partial charge >= 0.3 is 0 Å². The zero-order valence-corrected chi connectivity index (χ0v) is 8.91. The van der Waals surface area contributed by atoms with Gasteiger partial charge in [0.1, 0.15) is 8.57 Å². The van der Waals surface area contributed by atoms with Gasteiger partial charge in [0.05, 0.1) is 0 Å². The Morgan fingerprint density at radius 2 is 1.75 bits per heavy atom. The number of benzene rings is 1. The monoisotopic (exact) mass is 177 g/mol. The molecule has 0 aromatic heterocycles. The molecule has 0 saturated heterocycles. The van der Waals surface area contributed by atoms with E-state index in [9.17, 15) is 0 Å². The highest BCUT2D eigenvalue weighted by Crippen LogP contribution is 1.93. The van der Waals surface area contributed by atoms with Gasteiger partial charge in [-0.15, -0.1) is 0 Å². The lowest BCUT2D eigenvalue weighted by Gasteiger charge is -2.11. The molecule has 0 unspecified atom stereocenters. The fourth-order valence-corrected chi connectivity index (χ4v) is 1.85. The van der Waals surface area contributed by atoms with Crippen LogP contribution in [-0.4, -0.2) is 32.9 Å². The minimum atomic E-state index is -0.451. The molecular weight excluding hydrogens is 162 g/mol. The summed E-state index contributed by atoms with van der Waals surface area (Å²) in [7, 11) is 3.81. The van der Waals surface area contributed by atoms with Crippen LogP contribution in [0.25, 0.3) is 0 Å². The number of hydrogen-bond donors (Lipinski definition) is 0. The van der Waals surface area contributed by atoms with Crippen LogP contribution < -0.4 is 0 Å². The molecule has 0 fully saturated rings. The first-order valence-corrected chi connectivity index (χ1v) is 6.13. The highest BCUT2D eigenvalue weighted by molar-refractivity contribution is 6.64. The largest absolute Gasteiger partial charge is 0.413 e. The SMILES string of the molecule is CN(C)/[Si](C)=C/c1ccccc1. The van der Waals surface area contributed by atoms with E-state index in [1.165, 1.54) is 5.56 Å². The topological polar surface area (TPSA) is 3.24 Å². The summed E-state index contributed by atoms with van der Waals surface area (Å²) >= 11 is 0. The zero-order valence-electron chi connectivity index (χ0n) is 7.91. The van der Waals surface area contributed by atoms with Crippen LogP contribution in [-0.2, 0) is 0 Å². The second kappa shape index (κ2) is 4.21. The highest BCUT2D eigenvalue weighted by Gasteiger charge is 1.92. The van der Waals surface area contributed by atoms with Crippen LogP contribution in [0.4, 0.5) is 0 Å². The van der Waals surface area contributed by atoms with Gasteiger partial charge in [-0.1, -0.05) is 36.0 Å². The number of nitrogens with zero attached hydrogens (tertiary/aromatic N) is 1. The maximum absolute atomic E-state index is 2.35. The Bertz CT molecular complexity index is 264. The standard InChI is InChI=1S/C10H15NSi/c1-11(2)12(3)9-10-7-5-4-6-8-10/h4-9H,1-3H3/b12-9+. The Kier molecular flexibility index (Phi) is 3.23. The van der Waals surface area contributed by atoms with Crippen LogP contribution in [0.2, 0.25) is 6.55 Å². The van der Waals surface area contributed by atoms with Gasteiger partial charge in [-0.3, -0.25) is 0 Å². The van der Waals surface area contributed by atoms with Crippen molar-refractivity contribution in [3.63, 3.8) is 0 Å². The molecule has 0 N–H and O–H groups in total. The summed E-state index contributed by atoms with van der Waals surface area (Å²) in [5, 5.41) is 0. The van der Waals surface area contributed by atoms with Crippen molar-refractivity contribution in [1.82, 2.24) is 4.57 Å². The van der Waals surface area contributed by atoms with E-state index in [2.05, 4.69) is 61.2 Å². The van der Waals surface area contributed by atoms with Gasteiger partial charge in [-0.2, -0.15) is 0 Å². The van der Waals surface area contributed by atoms with Crippen molar-refractivity contribution in [2.45, 2.75) is 6.55 Å². The van der Waals surface area contributed by atoms with E-state index in [0.29, 0.717) is 0 Å². The van der Waals surface area contributed by atoms with Crippen molar-refractivity contribution in [2.75, 3.05) is 14.1 Å². The minimum Gasteiger partial charge on any atom is -0.413 e. The van der Waals surface area contributed by atoms with Crippen LogP contribution in [0.1, 0.15) is 5.56 Å². The Balaban J connectivity index is 2.81. The summed E-state index contributed by atoms with van der Waals surface area (Å²) in [5.41, 5.74) is 3.69. The summed E-state index contributed by atoms with van der Waals surface area (Å²) in [6, 6.07) is 10.5. The summed E-state index contributed by atoms with van der Waals surface area (Å²) in [6.07, 6.45) is 0.